The maximum absolute atomic E-state index is 11.7. The minimum atomic E-state index is -0.431. The molecule has 0 spiro atoms. The van der Waals surface area contributed by atoms with Gasteiger partial charge in [-0.2, -0.15) is 0 Å². The number of amides is 3. The van der Waals surface area contributed by atoms with Crippen LogP contribution in [0.3, 0.4) is 0 Å². The van der Waals surface area contributed by atoms with Crippen molar-refractivity contribution in [3.05, 3.63) is 0 Å². The smallest absolute Gasteiger partial charge is 0.321 e. The van der Waals surface area contributed by atoms with Gasteiger partial charge in [-0.15, -0.1) is 12.4 Å². The van der Waals surface area contributed by atoms with Crippen LogP contribution in [0.5, 0.6) is 0 Å². The highest BCUT2D eigenvalue weighted by molar-refractivity contribution is 5.96. The number of nitrogens with zero attached hydrogens (tertiary/aromatic N) is 1. The van der Waals surface area contributed by atoms with Crippen LogP contribution >= 0.6 is 12.4 Å². The van der Waals surface area contributed by atoms with E-state index in [0.717, 1.165) is 13.1 Å². The first-order valence-electron chi connectivity index (χ1n) is 5.57. The van der Waals surface area contributed by atoms with Crippen molar-refractivity contribution in [2.75, 3.05) is 26.7 Å². The highest BCUT2D eigenvalue weighted by Gasteiger charge is 2.29. The lowest BCUT2D eigenvalue weighted by Crippen LogP contribution is -2.61. The van der Waals surface area contributed by atoms with E-state index in [4.69, 9.17) is 0 Å². The van der Waals surface area contributed by atoms with Gasteiger partial charge in [0.25, 0.3) is 0 Å². The molecule has 3 N–H and O–H groups in total. The van der Waals surface area contributed by atoms with Gasteiger partial charge in [-0.05, 0) is 20.9 Å². The van der Waals surface area contributed by atoms with Crippen molar-refractivity contribution in [1.82, 2.24) is 20.9 Å². The monoisotopic (exact) mass is 264 g/mol. The molecule has 0 aromatic rings. The maximum Gasteiger partial charge on any atom is 0.321 e. The van der Waals surface area contributed by atoms with Crippen LogP contribution in [0.1, 0.15) is 13.8 Å². The molecule has 3 amide bonds. The summed E-state index contributed by atoms with van der Waals surface area (Å²) < 4.78 is 0. The van der Waals surface area contributed by atoms with Crippen LogP contribution in [-0.4, -0.2) is 55.6 Å². The van der Waals surface area contributed by atoms with Gasteiger partial charge < -0.3 is 10.6 Å². The summed E-state index contributed by atoms with van der Waals surface area (Å²) in [7, 11) is 1.90. The summed E-state index contributed by atoms with van der Waals surface area (Å²) in [4.78, 5) is 24.8. The molecular weight excluding hydrogens is 244 g/mol. The summed E-state index contributed by atoms with van der Waals surface area (Å²) in [6, 6.07) is -0.343. The van der Waals surface area contributed by atoms with Gasteiger partial charge in [0.15, 0.2) is 0 Å². The summed E-state index contributed by atoms with van der Waals surface area (Å²) in [6.45, 7) is 5.91. The van der Waals surface area contributed by atoms with E-state index < -0.39 is 6.03 Å². The van der Waals surface area contributed by atoms with E-state index in [1.165, 1.54) is 0 Å². The first kappa shape index (κ1) is 16.1. The Bertz CT molecular complexity index is 271. The van der Waals surface area contributed by atoms with Crippen LogP contribution in [0, 0.1) is 0 Å². The average Bonchev–Trinajstić information content (AvgIpc) is 2.13. The molecule has 7 heteroatoms. The van der Waals surface area contributed by atoms with Crippen molar-refractivity contribution in [3.63, 3.8) is 0 Å². The largest absolute Gasteiger partial charge is 0.338 e. The van der Waals surface area contributed by atoms with Gasteiger partial charge in [0.1, 0.15) is 0 Å². The van der Waals surface area contributed by atoms with Crippen molar-refractivity contribution in [3.8, 4) is 0 Å². The van der Waals surface area contributed by atoms with Gasteiger partial charge >= 0.3 is 6.03 Å². The molecule has 1 rings (SSSR count). The lowest BCUT2D eigenvalue weighted by Gasteiger charge is -2.38. The molecule has 0 aromatic carbocycles. The first-order chi connectivity index (χ1) is 7.56. The number of imide groups is 1. The lowest BCUT2D eigenvalue weighted by atomic mass is 10.1. The predicted molar refractivity (Wildman–Crippen MR) is 68.3 cm³/mol. The Labute approximate surface area is 108 Å². The van der Waals surface area contributed by atoms with E-state index in [-0.39, 0.29) is 24.4 Å². The summed E-state index contributed by atoms with van der Waals surface area (Å²) in [6.07, 6.45) is 0. The van der Waals surface area contributed by atoms with Crippen molar-refractivity contribution in [2.45, 2.75) is 25.9 Å². The lowest BCUT2D eigenvalue weighted by molar-refractivity contribution is -0.125. The number of carbonyl (C=O) groups is 2. The van der Waals surface area contributed by atoms with Gasteiger partial charge in [0.05, 0.1) is 6.04 Å². The highest BCUT2D eigenvalue weighted by atomic mass is 35.5. The zero-order valence-electron chi connectivity index (χ0n) is 10.4. The van der Waals surface area contributed by atoms with Crippen molar-refractivity contribution in [2.24, 2.45) is 0 Å². The van der Waals surface area contributed by atoms with Crippen LogP contribution in [-0.2, 0) is 4.79 Å². The minimum Gasteiger partial charge on any atom is -0.338 e. The molecule has 1 fully saturated rings. The van der Waals surface area contributed by atoms with E-state index in [2.05, 4.69) is 16.0 Å². The molecule has 0 saturated carbocycles. The molecule has 17 heavy (non-hydrogen) atoms. The summed E-state index contributed by atoms with van der Waals surface area (Å²) in [5.41, 5.74) is 0. The van der Waals surface area contributed by atoms with Gasteiger partial charge in [-0.1, -0.05) is 0 Å². The number of nitrogens with one attached hydrogen (secondary N) is 3. The summed E-state index contributed by atoms with van der Waals surface area (Å²) in [5.74, 6) is -0.264. The number of urea groups is 1. The second-order valence-electron chi connectivity index (χ2n) is 4.00. The van der Waals surface area contributed by atoms with Gasteiger partial charge in [-0.3, -0.25) is 15.0 Å². The Balaban J connectivity index is 0.00000256. The maximum atomic E-state index is 11.7. The van der Waals surface area contributed by atoms with Crippen LogP contribution < -0.4 is 16.0 Å². The van der Waals surface area contributed by atoms with Crippen LogP contribution in [0.2, 0.25) is 0 Å². The number of likely N-dealkylation sites (N-methyl/N-ethyl adjacent to an activating group) is 1. The summed E-state index contributed by atoms with van der Waals surface area (Å²) in [5, 5.41) is 7.98. The second-order valence-corrected chi connectivity index (χ2v) is 4.00. The molecular formula is C10H21ClN4O2. The molecule has 1 saturated heterocycles. The first-order valence-corrected chi connectivity index (χ1v) is 5.57. The van der Waals surface area contributed by atoms with E-state index in [9.17, 15) is 9.59 Å². The van der Waals surface area contributed by atoms with E-state index >= 15 is 0 Å². The normalized spacial score (nSPS) is 16.7. The molecule has 1 unspecified atom stereocenters. The Morgan fingerprint density at radius 2 is 2.06 bits per heavy atom. The standard InChI is InChI=1S/C10H20N4O2.ClH/c1-4-12-10(16)13-9(15)7(2)14(3)8-5-11-6-8;/h7-8,11H,4-6H2,1-3H3,(H2,12,13,15,16);1H. The van der Waals surface area contributed by atoms with E-state index in [1.54, 1.807) is 13.8 Å². The Hall–Kier alpha value is -0.850. The average molecular weight is 265 g/mol. The third kappa shape index (κ3) is 4.49. The van der Waals surface area contributed by atoms with E-state index in [0.29, 0.717) is 12.6 Å². The fourth-order valence-electron chi connectivity index (χ4n) is 1.48. The molecule has 0 aliphatic carbocycles. The second kappa shape index (κ2) is 7.47. The van der Waals surface area contributed by atoms with Crippen LogP contribution in [0.15, 0.2) is 0 Å². The Kier molecular flexibility index (Phi) is 7.10. The minimum absolute atomic E-state index is 0. The topological polar surface area (TPSA) is 73.5 Å². The quantitative estimate of drug-likeness (QED) is 0.643. The fourth-order valence-corrected chi connectivity index (χ4v) is 1.48. The molecule has 0 radical (unpaired) electrons. The molecule has 1 heterocycles. The Morgan fingerprint density at radius 3 is 2.47 bits per heavy atom. The molecule has 1 atom stereocenters. The van der Waals surface area contributed by atoms with Crippen LogP contribution in [0.25, 0.3) is 0 Å². The number of rotatable bonds is 4. The van der Waals surface area contributed by atoms with Crippen LogP contribution in [0.4, 0.5) is 4.79 Å². The van der Waals surface area contributed by atoms with E-state index in [1.807, 2.05) is 11.9 Å². The van der Waals surface area contributed by atoms with Gasteiger partial charge in [-0.25, -0.2) is 4.79 Å². The summed E-state index contributed by atoms with van der Waals surface area (Å²) >= 11 is 0. The zero-order chi connectivity index (χ0) is 12.1. The zero-order valence-corrected chi connectivity index (χ0v) is 11.3. The molecule has 6 nitrogen and oxygen atoms in total. The number of carbonyl (C=O) groups excluding carboxylic acids is 2. The van der Waals surface area contributed by atoms with Crippen molar-refractivity contribution < 1.29 is 9.59 Å². The molecule has 1 aliphatic heterocycles. The Morgan fingerprint density at radius 1 is 1.47 bits per heavy atom. The predicted octanol–water partition coefficient (Wildman–Crippen LogP) is -0.454. The number of hydrogen-bond acceptors (Lipinski definition) is 4. The number of hydrogen-bond donors (Lipinski definition) is 3. The fraction of sp³-hybridized carbons (Fsp3) is 0.800. The van der Waals surface area contributed by atoms with Gasteiger partial charge in [0.2, 0.25) is 5.91 Å². The SMILES string of the molecule is CCNC(=O)NC(=O)C(C)N(C)C1CNC1.Cl. The van der Waals surface area contributed by atoms with Crippen molar-refractivity contribution >= 4 is 24.3 Å². The third-order valence-electron chi connectivity index (χ3n) is 2.90. The van der Waals surface area contributed by atoms with Gasteiger partial charge in [0, 0.05) is 25.7 Å². The molecule has 100 valence electrons. The highest BCUT2D eigenvalue weighted by Crippen LogP contribution is 2.06. The molecule has 0 bridgehead atoms. The third-order valence-corrected chi connectivity index (χ3v) is 2.90. The number of halogens is 1. The molecule has 0 aromatic heterocycles. The molecule has 1 aliphatic rings. The van der Waals surface area contributed by atoms with Crippen molar-refractivity contribution in [1.29, 1.82) is 0 Å².